The lowest BCUT2D eigenvalue weighted by Crippen LogP contribution is -2.12. The number of thiazole rings is 1. The Bertz CT molecular complexity index is 535. The Morgan fingerprint density at radius 3 is 2.68 bits per heavy atom. The minimum absolute atomic E-state index is 0.0398. The van der Waals surface area contributed by atoms with Crippen molar-refractivity contribution >= 4 is 11.3 Å². The zero-order valence-electron chi connectivity index (χ0n) is 10.0. The first-order chi connectivity index (χ1) is 9.11. The normalized spacial score (nSPS) is 12.5. The molecule has 2 rings (SSSR count). The molecule has 0 aliphatic heterocycles. The lowest BCUT2D eigenvalue weighted by Gasteiger charge is -2.14. The molecule has 0 aliphatic carbocycles. The second kappa shape index (κ2) is 5.94. The number of hydrogen-bond donors (Lipinski definition) is 1. The highest BCUT2D eigenvalue weighted by Gasteiger charge is 2.16. The Balaban J connectivity index is 2.31. The maximum Gasteiger partial charge on any atom is 0.387 e. The number of aromatic nitrogens is 1. The Hall–Kier alpha value is -1.73. The van der Waals surface area contributed by atoms with E-state index in [2.05, 4.69) is 9.72 Å². The molecule has 19 heavy (non-hydrogen) atoms. The van der Waals surface area contributed by atoms with Crippen LogP contribution in [0.1, 0.15) is 16.6 Å². The van der Waals surface area contributed by atoms with Crippen LogP contribution in [-0.4, -0.2) is 18.7 Å². The van der Waals surface area contributed by atoms with Crippen LogP contribution in [0.25, 0.3) is 0 Å². The predicted molar refractivity (Wildman–Crippen MR) is 67.8 cm³/mol. The van der Waals surface area contributed by atoms with E-state index in [4.69, 9.17) is 10.5 Å². The minimum Gasteiger partial charge on any atom is -0.493 e. The van der Waals surface area contributed by atoms with Crippen LogP contribution in [0.15, 0.2) is 29.8 Å². The third-order valence-corrected chi connectivity index (χ3v) is 3.34. The van der Waals surface area contributed by atoms with Crippen molar-refractivity contribution in [2.45, 2.75) is 12.7 Å². The number of ether oxygens (including phenoxy) is 2. The van der Waals surface area contributed by atoms with Crippen LogP contribution < -0.4 is 15.2 Å². The summed E-state index contributed by atoms with van der Waals surface area (Å²) in [5.74, 6) is 0.192. The van der Waals surface area contributed by atoms with Gasteiger partial charge in [0.15, 0.2) is 11.5 Å². The van der Waals surface area contributed by atoms with Crippen molar-refractivity contribution in [1.82, 2.24) is 4.98 Å². The second-order valence-corrected chi connectivity index (χ2v) is 4.56. The molecule has 7 heteroatoms. The Labute approximate surface area is 112 Å². The SMILES string of the molecule is COc1ccc(C(N)c2nccs2)cc1OC(F)F. The first-order valence-corrected chi connectivity index (χ1v) is 6.27. The molecule has 0 fully saturated rings. The standard InChI is InChI=1S/C12H12F2N2O2S/c1-17-8-3-2-7(6-9(8)18-12(13)14)10(15)11-16-4-5-19-11/h2-6,10,12H,15H2,1H3. The molecule has 0 radical (unpaired) electrons. The molecular weight excluding hydrogens is 274 g/mol. The van der Waals surface area contributed by atoms with Crippen LogP contribution in [0, 0.1) is 0 Å². The number of methoxy groups -OCH3 is 1. The molecule has 1 aromatic heterocycles. The van der Waals surface area contributed by atoms with E-state index in [1.165, 1.54) is 24.5 Å². The van der Waals surface area contributed by atoms with E-state index < -0.39 is 12.7 Å². The maximum absolute atomic E-state index is 12.3. The molecule has 0 amide bonds. The summed E-state index contributed by atoms with van der Waals surface area (Å²) >= 11 is 1.40. The molecule has 1 unspecified atom stereocenters. The summed E-state index contributed by atoms with van der Waals surface area (Å²) in [5.41, 5.74) is 6.65. The summed E-state index contributed by atoms with van der Waals surface area (Å²) in [7, 11) is 1.38. The average molecular weight is 286 g/mol. The molecule has 2 aromatic rings. The van der Waals surface area contributed by atoms with Gasteiger partial charge in [-0.15, -0.1) is 11.3 Å². The van der Waals surface area contributed by atoms with Crippen molar-refractivity contribution in [2.75, 3.05) is 7.11 Å². The van der Waals surface area contributed by atoms with Gasteiger partial charge < -0.3 is 15.2 Å². The van der Waals surface area contributed by atoms with E-state index >= 15 is 0 Å². The molecule has 1 aromatic carbocycles. The number of benzene rings is 1. The zero-order valence-corrected chi connectivity index (χ0v) is 10.9. The smallest absolute Gasteiger partial charge is 0.387 e. The topological polar surface area (TPSA) is 57.4 Å². The number of nitrogens with zero attached hydrogens (tertiary/aromatic N) is 1. The fourth-order valence-electron chi connectivity index (χ4n) is 1.61. The van der Waals surface area contributed by atoms with Crippen molar-refractivity contribution in [1.29, 1.82) is 0 Å². The first kappa shape index (κ1) is 13.7. The van der Waals surface area contributed by atoms with E-state index in [9.17, 15) is 8.78 Å². The highest BCUT2D eigenvalue weighted by Crippen LogP contribution is 2.32. The molecule has 0 saturated heterocycles. The number of rotatable bonds is 5. The highest BCUT2D eigenvalue weighted by molar-refractivity contribution is 7.09. The molecule has 0 aliphatic rings. The number of nitrogens with two attached hydrogens (primary N) is 1. The van der Waals surface area contributed by atoms with Crippen molar-refractivity contribution in [3.63, 3.8) is 0 Å². The van der Waals surface area contributed by atoms with Gasteiger partial charge in [-0.05, 0) is 17.7 Å². The molecule has 0 spiro atoms. The van der Waals surface area contributed by atoms with Gasteiger partial charge in [0.05, 0.1) is 13.2 Å². The van der Waals surface area contributed by atoms with Gasteiger partial charge in [0.1, 0.15) is 5.01 Å². The summed E-state index contributed by atoms with van der Waals surface area (Å²) < 4.78 is 34.0. The minimum atomic E-state index is -2.92. The predicted octanol–water partition coefficient (Wildman–Crippen LogP) is 2.80. The van der Waals surface area contributed by atoms with Crippen molar-refractivity contribution in [3.8, 4) is 11.5 Å². The van der Waals surface area contributed by atoms with Crippen LogP contribution in [0.4, 0.5) is 8.78 Å². The van der Waals surface area contributed by atoms with Crippen molar-refractivity contribution < 1.29 is 18.3 Å². The maximum atomic E-state index is 12.3. The monoisotopic (exact) mass is 286 g/mol. The molecule has 102 valence electrons. The van der Waals surface area contributed by atoms with Crippen LogP contribution in [0.2, 0.25) is 0 Å². The van der Waals surface area contributed by atoms with E-state index in [1.54, 1.807) is 23.7 Å². The van der Waals surface area contributed by atoms with Gasteiger partial charge in [0.25, 0.3) is 0 Å². The Morgan fingerprint density at radius 1 is 1.32 bits per heavy atom. The van der Waals surface area contributed by atoms with E-state index in [1.807, 2.05) is 0 Å². The first-order valence-electron chi connectivity index (χ1n) is 5.39. The van der Waals surface area contributed by atoms with Gasteiger partial charge >= 0.3 is 6.61 Å². The van der Waals surface area contributed by atoms with Gasteiger partial charge in [-0.1, -0.05) is 6.07 Å². The van der Waals surface area contributed by atoms with E-state index in [-0.39, 0.29) is 11.5 Å². The highest BCUT2D eigenvalue weighted by atomic mass is 32.1. The van der Waals surface area contributed by atoms with Gasteiger partial charge in [-0.25, -0.2) is 4.98 Å². The van der Waals surface area contributed by atoms with Crippen LogP contribution in [0.5, 0.6) is 11.5 Å². The molecule has 4 nitrogen and oxygen atoms in total. The third kappa shape index (κ3) is 3.18. The largest absolute Gasteiger partial charge is 0.493 e. The molecule has 1 heterocycles. The van der Waals surface area contributed by atoms with Crippen LogP contribution in [0.3, 0.4) is 0 Å². The molecule has 0 bridgehead atoms. The van der Waals surface area contributed by atoms with Gasteiger partial charge in [-0.3, -0.25) is 0 Å². The number of halogens is 2. The summed E-state index contributed by atoms with van der Waals surface area (Å²) in [6, 6.07) is 4.20. The third-order valence-electron chi connectivity index (χ3n) is 2.48. The zero-order chi connectivity index (χ0) is 13.8. The van der Waals surface area contributed by atoms with Gasteiger partial charge in [-0.2, -0.15) is 8.78 Å². The van der Waals surface area contributed by atoms with E-state index in [0.29, 0.717) is 10.6 Å². The van der Waals surface area contributed by atoms with Gasteiger partial charge in [0.2, 0.25) is 0 Å². The van der Waals surface area contributed by atoms with Crippen LogP contribution >= 0.6 is 11.3 Å². The second-order valence-electron chi connectivity index (χ2n) is 3.64. The molecule has 0 saturated carbocycles. The Kier molecular flexibility index (Phi) is 4.28. The summed E-state index contributed by atoms with van der Waals surface area (Å²) in [6.45, 7) is -2.92. The lowest BCUT2D eigenvalue weighted by atomic mass is 10.1. The number of hydrogen-bond acceptors (Lipinski definition) is 5. The summed E-state index contributed by atoms with van der Waals surface area (Å²) in [6.07, 6.45) is 1.64. The molecular formula is C12H12F2N2O2S. The van der Waals surface area contributed by atoms with Gasteiger partial charge in [0, 0.05) is 11.6 Å². The molecule has 1 atom stereocenters. The quantitative estimate of drug-likeness (QED) is 0.918. The molecule has 2 N–H and O–H groups in total. The fourth-order valence-corrected chi connectivity index (χ4v) is 2.27. The lowest BCUT2D eigenvalue weighted by molar-refractivity contribution is -0.0512. The van der Waals surface area contributed by atoms with Crippen molar-refractivity contribution in [2.24, 2.45) is 5.73 Å². The van der Waals surface area contributed by atoms with Crippen LogP contribution in [-0.2, 0) is 0 Å². The fraction of sp³-hybridized carbons (Fsp3) is 0.250. The van der Waals surface area contributed by atoms with E-state index in [0.717, 1.165) is 0 Å². The average Bonchev–Trinajstić information content (AvgIpc) is 2.91. The Morgan fingerprint density at radius 2 is 2.11 bits per heavy atom. The summed E-state index contributed by atoms with van der Waals surface area (Å²) in [4.78, 5) is 4.10. The van der Waals surface area contributed by atoms with Crippen molar-refractivity contribution in [3.05, 3.63) is 40.3 Å². The summed E-state index contributed by atoms with van der Waals surface area (Å²) in [5, 5.41) is 2.50. The number of alkyl halides is 2.